The molecule has 10 heteroatoms. The summed E-state index contributed by atoms with van der Waals surface area (Å²) in [5, 5.41) is 0. The summed E-state index contributed by atoms with van der Waals surface area (Å²) < 4.78 is 46.7. The Bertz CT molecular complexity index is 1570. The van der Waals surface area contributed by atoms with Gasteiger partial charge in [0.25, 0.3) is 0 Å². The molecule has 0 N–H and O–H groups in total. The van der Waals surface area contributed by atoms with Crippen LogP contribution >= 0.6 is 0 Å². The van der Waals surface area contributed by atoms with Crippen LogP contribution in [0.2, 0.25) is 0 Å². The number of aryl methyl sites for hydroxylation is 1. The fourth-order valence-electron chi connectivity index (χ4n) is 4.57. The number of nitrogens with zero attached hydrogens (tertiary/aromatic N) is 3. The fourth-order valence-corrected chi connectivity index (χ4v) is 6.18. The zero-order valence-corrected chi connectivity index (χ0v) is 23.3. The number of carbonyl (C=O) groups excluding carboxylic acids is 1. The van der Waals surface area contributed by atoms with E-state index >= 15 is 0 Å². The molecule has 9 nitrogen and oxygen atoms in total. The first kappa shape index (κ1) is 27.4. The number of ether oxygens (including phenoxy) is 2. The number of fused-ring (bicyclic) bond motifs is 1. The zero-order valence-electron chi connectivity index (χ0n) is 22.4. The normalized spacial score (nSPS) is 12.9. The molecule has 1 aliphatic heterocycles. The Morgan fingerprint density at radius 2 is 1.75 bits per heavy atom. The Balaban J connectivity index is 1.28. The van der Waals surface area contributed by atoms with Gasteiger partial charge in [-0.1, -0.05) is 48.5 Å². The number of rotatable bonds is 11. The monoisotopic (exact) mass is 561 g/mol. The second-order valence-corrected chi connectivity index (χ2v) is 11.2. The molecule has 0 aliphatic carbocycles. The van der Waals surface area contributed by atoms with E-state index in [-0.39, 0.29) is 26.3 Å². The van der Waals surface area contributed by atoms with Gasteiger partial charge in [-0.2, -0.15) is 12.7 Å². The summed E-state index contributed by atoms with van der Waals surface area (Å²) in [6.07, 6.45) is 0.618. The Labute approximate surface area is 234 Å². The third-order valence-electron chi connectivity index (χ3n) is 6.63. The van der Waals surface area contributed by atoms with Crippen LogP contribution in [0.1, 0.15) is 29.5 Å². The highest BCUT2D eigenvalue weighted by Gasteiger charge is 2.35. The van der Waals surface area contributed by atoms with Crippen molar-refractivity contribution < 1.29 is 27.1 Å². The highest BCUT2D eigenvalue weighted by Crippen LogP contribution is 2.32. The lowest BCUT2D eigenvalue weighted by Crippen LogP contribution is -2.45. The molecule has 1 aromatic heterocycles. The van der Waals surface area contributed by atoms with Crippen LogP contribution in [-0.2, 0) is 39.3 Å². The summed E-state index contributed by atoms with van der Waals surface area (Å²) in [7, 11) is -3.99. The molecule has 208 valence electrons. The van der Waals surface area contributed by atoms with Gasteiger partial charge >= 0.3 is 16.2 Å². The SMILES string of the molecule is CCOC(=O)CN(Cc1ccc(OCc2nc(-c3ccccc3)oc2C)cc1)S(=O)(=O)N1CCc2ccccc21. The van der Waals surface area contributed by atoms with Crippen LogP contribution in [0, 0.1) is 6.92 Å². The van der Waals surface area contributed by atoms with Crippen molar-refractivity contribution in [1.29, 1.82) is 0 Å². The molecule has 0 spiro atoms. The number of anilines is 1. The van der Waals surface area contributed by atoms with Gasteiger partial charge < -0.3 is 13.9 Å². The number of aromatic nitrogens is 1. The van der Waals surface area contributed by atoms with Gasteiger partial charge in [-0.25, -0.2) is 4.98 Å². The van der Waals surface area contributed by atoms with Gasteiger partial charge in [0.2, 0.25) is 5.89 Å². The summed E-state index contributed by atoms with van der Waals surface area (Å²) in [4.78, 5) is 16.9. The van der Waals surface area contributed by atoms with Crippen molar-refractivity contribution in [2.24, 2.45) is 0 Å². The standard InChI is InChI=1S/C30H31N3O6S/c1-3-37-29(34)20-32(40(35,36)33-18-17-24-9-7-8-12-28(24)33)19-23-13-15-26(16-14-23)38-21-27-22(2)39-30(31-27)25-10-5-4-6-11-25/h4-16H,3,17-21H2,1-2H3. The van der Waals surface area contributed by atoms with E-state index in [1.54, 1.807) is 37.3 Å². The van der Waals surface area contributed by atoms with Crippen molar-refractivity contribution in [2.45, 2.75) is 33.4 Å². The Kier molecular flexibility index (Phi) is 8.18. The number of hydrogen-bond donors (Lipinski definition) is 0. The lowest BCUT2D eigenvalue weighted by molar-refractivity contribution is -0.143. The van der Waals surface area contributed by atoms with Gasteiger partial charge in [0.15, 0.2) is 0 Å². The van der Waals surface area contributed by atoms with Crippen LogP contribution in [0.25, 0.3) is 11.5 Å². The first-order chi connectivity index (χ1) is 19.3. The maximum Gasteiger partial charge on any atom is 0.321 e. The van der Waals surface area contributed by atoms with Gasteiger partial charge in [-0.3, -0.25) is 9.10 Å². The van der Waals surface area contributed by atoms with Crippen molar-refractivity contribution in [1.82, 2.24) is 9.29 Å². The summed E-state index contributed by atoms with van der Waals surface area (Å²) in [5.74, 6) is 1.21. The van der Waals surface area contributed by atoms with Crippen LogP contribution in [0.5, 0.6) is 5.75 Å². The largest absolute Gasteiger partial charge is 0.487 e. The molecule has 0 saturated carbocycles. The maximum absolute atomic E-state index is 13.7. The highest BCUT2D eigenvalue weighted by atomic mass is 32.2. The van der Waals surface area contributed by atoms with Crippen molar-refractivity contribution in [3.8, 4) is 17.2 Å². The van der Waals surface area contributed by atoms with Crippen LogP contribution < -0.4 is 9.04 Å². The first-order valence-electron chi connectivity index (χ1n) is 13.1. The highest BCUT2D eigenvalue weighted by molar-refractivity contribution is 7.90. The van der Waals surface area contributed by atoms with E-state index in [4.69, 9.17) is 13.9 Å². The van der Waals surface area contributed by atoms with E-state index in [0.29, 0.717) is 47.3 Å². The van der Waals surface area contributed by atoms with E-state index in [1.807, 2.05) is 55.5 Å². The molecule has 5 rings (SSSR count). The van der Waals surface area contributed by atoms with Gasteiger partial charge in [-0.15, -0.1) is 0 Å². The van der Waals surface area contributed by atoms with Crippen molar-refractivity contribution in [3.63, 3.8) is 0 Å². The molecule has 0 amide bonds. The minimum Gasteiger partial charge on any atom is -0.487 e. The van der Waals surface area contributed by atoms with Crippen molar-refractivity contribution >= 4 is 21.9 Å². The van der Waals surface area contributed by atoms with E-state index < -0.39 is 16.2 Å². The first-order valence-corrected chi connectivity index (χ1v) is 14.5. The number of esters is 1. The molecule has 0 fully saturated rings. The molecule has 4 aromatic rings. The van der Waals surface area contributed by atoms with E-state index in [1.165, 1.54) is 4.31 Å². The second-order valence-electron chi connectivity index (χ2n) is 9.35. The third-order valence-corrected chi connectivity index (χ3v) is 8.48. The van der Waals surface area contributed by atoms with Gasteiger partial charge in [0.05, 0.1) is 12.3 Å². The molecular weight excluding hydrogens is 530 g/mol. The molecule has 0 bridgehead atoms. The van der Waals surface area contributed by atoms with Gasteiger partial charge in [-0.05, 0) is 61.7 Å². The molecule has 2 heterocycles. The fraction of sp³-hybridized carbons (Fsp3) is 0.267. The van der Waals surface area contributed by atoms with E-state index in [0.717, 1.165) is 15.4 Å². The van der Waals surface area contributed by atoms with Crippen LogP contribution in [-0.4, -0.2) is 43.4 Å². The molecule has 0 saturated heterocycles. The van der Waals surface area contributed by atoms with Crippen LogP contribution in [0.3, 0.4) is 0 Å². The average Bonchev–Trinajstić information content (AvgIpc) is 3.57. The predicted molar refractivity (Wildman–Crippen MR) is 151 cm³/mol. The summed E-state index contributed by atoms with van der Waals surface area (Å²) in [5.41, 5.74) is 3.89. The minimum absolute atomic E-state index is 0.00290. The molecule has 0 radical (unpaired) electrons. The average molecular weight is 562 g/mol. The number of oxazole rings is 1. The molecule has 0 atom stereocenters. The third kappa shape index (κ3) is 6.03. The van der Waals surface area contributed by atoms with E-state index in [9.17, 15) is 13.2 Å². The zero-order chi connectivity index (χ0) is 28.1. The number of para-hydroxylation sites is 1. The summed E-state index contributed by atoms with van der Waals surface area (Å²) >= 11 is 0. The Hall–Kier alpha value is -4.15. The molecule has 0 unspecified atom stereocenters. The quantitative estimate of drug-likeness (QED) is 0.240. The summed E-state index contributed by atoms with van der Waals surface area (Å²) in [6.45, 7) is 3.86. The smallest absolute Gasteiger partial charge is 0.321 e. The minimum atomic E-state index is -3.99. The topological polar surface area (TPSA) is 102 Å². The number of hydrogen-bond acceptors (Lipinski definition) is 7. The van der Waals surface area contributed by atoms with Crippen LogP contribution in [0.15, 0.2) is 83.3 Å². The van der Waals surface area contributed by atoms with E-state index in [2.05, 4.69) is 4.98 Å². The molecule has 1 aliphatic rings. The Morgan fingerprint density at radius 1 is 1.02 bits per heavy atom. The second kappa shape index (κ2) is 11.9. The maximum atomic E-state index is 13.7. The number of carbonyl (C=O) groups is 1. The molecular formula is C30H31N3O6S. The lowest BCUT2D eigenvalue weighted by Gasteiger charge is -2.28. The summed E-state index contributed by atoms with van der Waals surface area (Å²) in [6, 6.07) is 24.2. The van der Waals surface area contributed by atoms with Crippen molar-refractivity contribution in [3.05, 3.63) is 101 Å². The van der Waals surface area contributed by atoms with Gasteiger partial charge in [0.1, 0.15) is 30.4 Å². The Morgan fingerprint density at radius 3 is 2.50 bits per heavy atom. The predicted octanol–water partition coefficient (Wildman–Crippen LogP) is 4.90. The van der Waals surface area contributed by atoms with Crippen LogP contribution in [0.4, 0.5) is 5.69 Å². The van der Waals surface area contributed by atoms with Crippen molar-refractivity contribution in [2.75, 3.05) is 24.0 Å². The molecule has 40 heavy (non-hydrogen) atoms. The lowest BCUT2D eigenvalue weighted by atomic mass is 10.2. The molecule has 3 aromatic carbocycles. The van der Waals surface area contributed by atoms with Gasteiger partial charge in [0, 0.05) is 18.7 Å². The number of benzene rings is 3.